The van der Waals surface area contributed by atoms with Gasteiger partial charge in [0, 0.05) is 12.6 Å². The summed E-state index contributed by atoms with van der Waals surface area (Å²) in [6, 6.07) is -1.22. The lowest BCUT2D eigenvalue weighted by molar-refractivity contribution is -0.163. The number of hydrogen-bond donors (Lipinski definition) is 2. The minimum absolute atomic E-state index is 0.00769. The van der Waals surface area contributed by atoms with E-state index in [1.807, 2.05) is 0 Å². The van der Waals surface area contributed by atoms with Crippen LogP contribution in [0.25, 0.3) is 0 Å². The van der Waals surface area contributed by atoms with Crippen LogP contribution in [0.3, 0.4) is 0 Å². The van der Waals surface area contributed by atoms with Gasteiger partial charge in [-0.3, -0.25) is 4.79 Å². The molecule has 0 aromatic heterocycles. The van der Waals surface area contributed by atoms with Crippen molar-refractivity contribution in [2.45, 2.75) is 56.8 Å². The third-order valence-corrected chi connectivity index (χ3v) is 3.88. The van der Waals surface area contributed by atoms with Crippen LogP contribution >= 0.6 is 0 Å². The summed E-state index contributed by atoms with van der Waals surface area (Å²) in [6.45, 7) is 0.128. The van der Waals surface area contributed by atoms with Crippen molar-refractivity contribution >= 4 is 5.91 Å². The molecular weight excluding hydrogens is 245 g/mol. The first-order valence-electron chi connectivity index (χ1n) is 6.57. The smallest absolute Gasteiger partial charge is 0.353 e. The van der Waals surface area contributed by atoms with Gasteiger partial charge in [-0.25, -0.2) is 0 Å². The number of halogens is 3. The summed E-state index contributed by atoms with van der Waals surface area (Å²) in [5.74, 6) is -0.403. The van der Waals surface area contributed by atoms with Gasteiger partial charge in [0.25, 0.3) is 0 Å². The molecular formula is C12H19F3N2O. The lowest BCUT2D eigenvalue weighted by Crippen LogP contribution is -2.51. The summed E-state index contributed by atoms with van der Waals surface area (Å²) in [4.78, 5) is 11.9. The van der Waals surface area contributed by atoms with Crippen LogP contribution in [0.4, 0.5) is 13.2 Å². The van der Waals surface area contributed by atoms with Crippen LogP contribution in [0.1, 0.15) is 38.5 Å². The summed E-state index contributed by atoms with van der Waals surface area (Å²) < 4.78 is 37.3. The van der Waals surface area contributed by atoms with E-state index in [9.17, 15) is 18.0 Å². The Morgan fingerprint density at radius 1 is 1.11 bits per heavy atom. The van der Waals surface area contributed by atoms with Crippen molar-refractivity contribution in [3.63, 3.8) is 0 Å². The zero-order chi connectivity index (χ0) is 13.2. The molecule has 0 spiro atoms. The molecule has 1 saturated heterocycles. The highest BCUT2D eigenvalue weighted by Gasteiger charge is 2.42. The molecule has 6 heteroatoms. The number of alkyl halides is 3. The molecule has 104 valence electrons. The van der Waals surface area contributed by atoms with E-state index >= 15 is 0 Å². The summed E-state index contributed by atoms with van der Waals surface area (Å²) in [5.41, 5.74) is 0. The molecule has 1 aliphatic heterocycles. The zero-order valence-electron chi connectivity index (χ0n) is 10.2. The molecule has 0 aromatic carbocycles. The zero-order valence-corrected chi connectivity index (χ0v) is 10.2. The van der Waals surface area contributed by atoms with Gasteiger partial charge in [0.05, 0.1) is 5.92 Å². The van der Waals surface area contributed by atoms with Crippen molar-refractivity contribution in [3.8, 4) is 0 Å². The van der Waals surface area contributed by atoms with Crippen LogP contribution in [0.15, 0.2) is 0 Å². The van der Waals surface area contributed by atoms with Gasteiger partial charge in [0.2, 0.25) is 5.91 Å². The van der Waals surface area contributed by atoms with Crippen molar-refractivity contribution < 1.29 is 18.0 Å². The fraction of sp³-hybridized carbons (Fsp3) is 0.917. The molecule has 0 bridgehead atoms. The van der Waals surface area contributed by atoms with E-state index < -0.39 is 12.2 Å². The van der Waals surface area contributed by atoms with Crippen LogP contribution in [0, 0.1) is 5.92 Å². The molecule has 0 radical (unpaired) electrons. The Kier molecular flexibility index (Phi) is 4.14. The third-order valence-electron chi connectivity index (χ3n) is 3.88. The molecule has 2 fully saturated rings. The highest BCUT2D eigenvalue weighted by atomic mass is 19.4. The highest BCUT2D eigenvalue weighted by molar-refractivity contribution is 5.79. The van der Waals surface area contributed by atoms with E-state index in [1.54, 1.807) is 0 Å². The minimum Gasteiger partial charge on any atom is -0.353 e. The van der Waals surface area contributed by atoms with Crippen molar-refractivity contribution in [2.24, 2.45) is 5.92 Å². The molecule has 2 atom stereocenters. The molecule has 1 aliphatic carbocycles. The molecule has 3 nitrogen and oxygen atoms in total. The Morgan fingerprint density at radius 2 is 1.78 bits per heavy atom. The highest BCUT2D eigenvalue weighted by Crippen LogP contribution is 2.28. The predicted octanol–water partition coefficient (Wildman–Crippen LogP) is 1.98. The van der Waals surface area contributed by atoms with E-state index in [1.165, 1.54) is 0 Å². The third kappa shape index (κ3) is 3.37. The van der Waals surface area contributed by atoms with Crippen LogP contribution in [-0.4, -0.2) is 30.7 Å². The first-order chi connectivity index (χ1) is 8.47. The van der Waals surface area contributed by atoms with Crippen LogP contribution in [-0.2, 0) is 4.79 Å². The van der Waals surface area contributed by atoms with Gasteiger partial charge in [-0.15, -0.1) is 0 Å². The normalized spacial score (nSPS) is 30.4. The molecule has 2 aliphatic rings. The second-order valence-corrected chi connectivity index (χ2v) is 5.27. The van der Waals surface area contributed by atoms with Gasteiger partial charge in [-0.1, -0.05) is 12.8 Å². The van der Waals surface area contributed by atoms with Crippen molar-refractivity contribution in [3.05, 3.63) is 0 Å². The molecule has 2 N–H and O–H groups in total. The van der Waals surface area contributed by atoms with E-state index in [2.05, 4.69) is 10.6 Å². The standard InChI is InChI=1S/C12H19F3N2O/c13-12(14,15)10-6-5-8(7-16-10)11(18)17-9-3-1-2-4-9/h8-10,16H,1-7H2,(H,17,18). The lowest BCUT2D eigenvalue weighted by Gasteiger charge is -2.31. The minimum atomic E-state index is -4.20. The fourth-order valence-corrected chi connectivity index (χ4v) is 2.75. The Balaban J connectivity index is 1.76. The Hall–Kier alpha value is -0.780. The quantitative estimate of drug-likeness (QED) is 0.800. The number of hydrogen-bond acceptors (Lipinski definition) is 2. The van der Waals surface area contributed by atoms with Crippen molar-refractivity contribution in [2.75, 3.05) is 6.54 Å². The van der Waals surface area contributed by atoms with Crippen molar-refractivity contribution in [1.82, 2.24) is 10.6 Å². The Morgan fingerprint density at radius 3 is 2.28 bits per heavy atom. The average molecular weight is 264 g/mol. The SMILES string of the molecule is O=C(NC1CCCC1)C1CCC(C(F)(F)F)NC1. The fourth-order valence-electron chi connectivity index (χ4n) is 2.75. The number of carbonyl (C=O) groups is 1. The lowest BCUT2D eigenvalue weighted by atomic mass is 9.93. The maximum absolute atomic E-state index is 12.4. The second-order valence-electron chi connectivity index (χ2n) is 5.27. The van der Waals surface area contributed by atoms with Gasteiger partial charge < -0.3 is 10.6 Å². The second kappa shape index (κ2) is 5.47. The Bertz CT molecular complexity index is 292. The van der Waals surface area contributed by atoms with Crippen LogP contribution in [0.2, 0.25) is 0 Å². The summed E-state index contributed by atoms with van der Waals surface area (Å²) in [6.07, 6.45) is 0.358. The average Bonchev–Trinajstić information content (AvgIpc) is 2.81. The molecule has 1 saturated carbocycles. The predicted molar refractivity (Wildman–Crippen MR) is 61.0 cm³/mol. The molecule has 1 heterocycles. The van der Waals surface area contributed by atoms with E-state index in [4.69, 9.17) is 0 Å². The first-order valence-corrected chi connectivity index (χ1v) is 6.57. The van der Waals surface area contributed by atoms with Gasteiger partial charge in [-0.2, -0.15) is 13.2 Å². The molecule has 0 aromatic rings. The van der Waals surface area contributed by atoms with Gasteiger partial charge >= 0.3 is 6.18 Å². The number of piperidine rings is 1. The summed E-state index contributed by atoms with van der Waals surface area (Å²) in [7, 11) is 0. The topological polar surface area (TPSA) is 41.1 Å². The molecule has 18 heavy (non-hydrogen) atoms. The monoisotopic (exact) mass is 264 g/mol. The van der Waals surface area contributed by atoms with Crippen LogP contribution < -0.4 is 10.6 Å². The summed E-state index contributed by atoms with van der Waals surface area (Å²) in [5, 5.41) is 5.37. The largest absolute Gasteiger partial charge is 0.403 e. The van der Waals surface area contributed by atoms with Gasteiger partial charge in [0.1, 0.15) is 6.04 Å². The number of carbonyl (C=O) groups excluding carboxylic acids is 1. The van der Waals surface area contributed by atoms with E-state index in [-0.39, 0.29) is 30.8 Å². The first kappa shape index (κ1) is 13.6. The van der Waals surface area contributed by atoms with Crippen LogP contribution in [0.5, 0.6) is 0 Å². The summed E-state index contributed by atoms with van der Waals surface area (Å²) >= 11 is 0. The van der Waals surface area contributed by atoms with Gasteiger partial charge in [-0.05, 0) is 25.7 Å². The number of rotatable bonds is 2. The Labute approximate surface area is 104 Å². The van der Waals surface area contributed by atoms with Gasteiger partial charge in [0.15, 0.2) is 0 Å². The number of amides is 1. The van der Waals surface area contributed by atoms with Crippen molar-refractivity contribution in [1.29, 1.82) is 0 Å². The molecule has 2 unspecified atom stereocenters. The number of nitrogens with one attached hydrogen (secondary N) is 2. The van der Waals surface area contributed by atoms with E-state index in [0.717, 1.165) is 25.7 Å². The maximum Gasteiger partial charge on any atom is 0.403 e. The molecule has 1 amide bonds. The maximum atomic E-state index is 12.4. The van der Waals surface area contributed by atoms with E-state index in [0.29, 0.717) is 6.42 Å². The molecule has 2 rings (SSSR count).